The van der Waals surface area contributed by atoms with Crippen molar-refractivity contribution in [3.05, 3.63) is 11.6 Å². The van der Waals surface area contributed by atoms with E-state index in [1.54, 1.807) is 0 Å². The van der Waals surface area contributed by atoms with Gasteiger partial charge in [0.15, 0.2) is 5.82 Å². The fraction of sp³-hybridized carbons (Fsp3) is 0.846. The van der Waals surface area contributed by atoms with Crippen LogP contribution in [0.4, 0.5) is 0 Å². The van der Waals surface area contributed by atoms with Crippen molar-refractivity contribution < 1.29 is 0 Å². The summed E-state index contributed by atoms with van der Waals surface area (Å²) in [5.41, 5.74) is 6.08. The molecule has 100 valence electrons. The van der Waals surface area contributed by atoms with Gasteiger partial charge in [-0.15, -0.1) is 0 Å². The second kappa shape index (κ2) is 4.63. The lowest BCUT2D eigenvalue weighted by Crippen LogP contribution is -2.28. The van der Waals surface area contributed by atoms with Crippen molar-refractivity contribution in [3.63, 3.8) is 0 Å². The van der Waals surface area contributed by atoms with Gasteiger partial charge in [0.2, 0.25) is 0 Å². The normalized spacial score (nSPS) is 28.9. The van der Waals surface area contributed by atoms with Gasteiger partial charge >= 0.3 is 0 Å². The van der Waals surface area contributed by atoms with Crippen molar-refractivity contribution in [1.82, 2.24) is 19.7 Å². The van der Waals surface area contributed by atoms with Crippen molar-refractivity contribution in [2.24, 2.45) is 5.73 Å². The maximum atomic E-state index is 6.08. The van der Waals surface area contributed by atoms with Gasteiger partial charge in [-0.3, -0.25) is 0 Å². The van der Waals surface area contributed by atoms with Crippen molar-refractivity contribution in [3.8, 4) is 0 Å². The van der Waals surface area contributed by atoms with Crippen LogP contribution in [0.1, 0.15) is 56.8 Å². The Balaban J connectivity index is 1.78. The van der Waals surface area contributed by atoms with E-state index in [-0.39, 0.29) is 6.17 Å². The molecule has 2 N–H and O–H groups in total. The highest BCUT2D eigenvalue weighted by Crippen LogP contribution is 2.28. The zero-order valence-electron chi connectivity index (χ0n) is 11.3. The minimum atomic E-state index is 0.0394. The molecule has 5 nitrogen and oxygen atoms in total. The Morgan fingerprint density at radius 3 is 2.83 bits per heavy atom. The monoisotopic (exact) mass is 249 g/mol. The number of aryl methyl sites for hydroxylation is 1. The largest absolute Gasteiger partial charge is 0.310 e. The predicted octanol–water partition coefficient (Wildman–Crippen LogP) is 1.27. The lowest BCUT2D eigenvalue weighted by molar-refractivity contribution is 0.271. The molecule has 0 amide bonds. The summed E-state index contributed by atoms with van der Waals surface area (Å²) in [6.07, 6.45) is 4.41. The van der Waals surface area contributed by atoms with Crippen molar-refractivity contribution >= 4 is 0 Å². The molecule has 1 aromatic heterocycles. The van der Waals surface area contributed by atoms with E-state index < -0.39 is 0 Å². The molecule has 1 aromatic rings. The van der Waals surface area contributed by atoms with Gasteiger partial charge in [-0.05, 0) is 39.7 Å². The van der Waals surface area contributed by atoms with Gasteiger partial charge in [0.1, 0.15) is 12.0 Å². The first-order chi connectivity index (χ1) is 8.65. The first-order valence-corrected chi connectivity index (χ1v) is 7.10. The quantitative estimate of drug-likeness (QED) is 0.857. The summed E-state index contributed by atoms with van der Waals surface area (Å²) < 4.78 is 1.96. The molecular weight excluding hydrogens is 226 g/mol. The fourth-order valence-electron chi connectivity index (χ4n) is 3.04. The summed E-state index contributed by atoms with van der Waals surface area (Å²) in [6.45, 7) is 6.77. The molecule has 1 saturated heterocycles. The molecule has 2 aliphatic heterocycles. The van der Waals surface area contributed by atoms with Crippen LogP contribution in [0.3, 0.4) is 0 Å². The topological polar surface area (TPSA) is 60.0 Å². The average molecular weight is 249 g/mol. The van der Waals surface area contributed by atoms with Crippen LogP contribution in [-0.4, -0.2) is 38.8 Å². The summed E-state index contributed by atoms with van der Waals surface area (Å²) in [5.74, 6) is 2.61. The first-order valence-electron chi connectivity index (χ1n) is 7.10. The van der Waals surface area contributed by atoms with Crippen LogP contribution in [0.2, 0.25) is 0 Å². The van der Waals surface area contributed by atoms with Crippen molar-refractivity contribution in [2.75, 3.05) is 13.1 Å². The molecule has 0 bridgehead atoms. The number of nitrogens with two attached hydrogens (primary N) is 1. The lowest BCUT2D eigenvalue weighted by atomic mass is 10.1. The molecule has 0 aromatic carbocycles. The number of hydrogen-bond acceptors (Lipinski definition) is 4. The SMILES string of the molecule is CC(C)N1CCC(c2nc3n(n2)C(N)CCC3)C1. The summed E-state index contributed by atoms with van der Waals surface area (Å²) in [4.78, 5) is 7.23. The summed E-state index contributed by atoms with van der Waals surface area (Å²) >= 11 is 0. The van der Waals surface area contributed by atoms with E-state index >= 15 is 0 Å². The van der Waals surface area contributed by atoms with E-state index in [0.717, 1.165) is 44.0 Å². The van der Waals surface area contributed by atoms with Gasteiger partial charge < -0.3 is 10.6 Å². The number of hydrogen-bond donors (Lipinski definition) is 1. The van der Waals surface area contributed by atoms with Crippen molar-refractivity contribution in [1.29, 1.82) is 0 Å². The van der Waals surface area contributed by atoms with Gasteiger partial charge in [-0.25, -0.2) is 9.67 Å². The standard InChI is InChI=1S/C13H23N5/c1-9(2)17-7-6-10(8-17)13-15-12-5-3-4-11(14)18(12)16-13/h9-11H,3-8,14H2,1-2H3. The summed E-state index contributed by atoms with van der Waals surface area (Å²) in [7, 11) is 0. The van der Waals surface area contributed by atoms with Crippen molar-refractivity contribution in [2.45, 2.75) is 57.7 Å². The third-order valence-corrected chi connectivity index (χ3v) is 4.25. The van der Waals surface area contributed by atoms with E-state index in [1.807, 2.05) is 4.68 Å². The Morgan fingerprint density at radius 2 is 2.17 bits per heavy atom. The Kier molecular flexibility index (Phi) is 3.11. The van der Waals surface area contributed by atoms with Crippen LogP contribution < -0.4 is 5.73 Å². The van der Waals surface area contributed by atoms with E-state index in [4.69, 9.17) is 10.7 Å². The predicted molar refractivity (Wildman–Crippen MR) is 70.3 cm³/mol. The average Bonchev–Trinajstić information content (AvgIpc) is 2.95. The molecular formula is C13H23N5. The van der Waals surface area contributed by atoms with E-state index in [1.165, 1.54) is 6.42 Å². The Hall–Kier alpha value is -0.940. The third-order valence-electron chi connectivity index (χ3n) is 4.25. The van der Waals surface area contributed by atoms with E-state index in [2.05, 4.69) is 23.8 Å². The molecule has 2 aliphatic rings. The lowest BCUT2D eigenvalue weighted by Gasteiger charge is -2.19. The van der Waals surface area contributed by atoms with E-state index in [9.17, 15) is 0 Å². The van der Waals surface area contributed by atoms with Crippen LogP contribution in [0, 0.1) is 0 Å². The molecule has 3 rings (SSSR count). The highest BCUT2D eigenvalue weighted by molar-refractivity contribution is 5.05. The maximum absolute atomic E-state index is 6.08. The molecule has 5 heteroatoms. The second-order valence-corrected chi connectivity index (χ2v) is 5.86. The first kappa shape index (κ1) is 12.1. The minimum absolute atomic E-state index is 0.0394. The molecule has 0 spiro atoms. The van der Waals surface area contributed by atoms with Crippen LogP contribution in [0.15, 0.2) is 0 Å². The zero-order valence-corrected chi connectivity index (χ0v) is 11.3. The summed E-state index contributed by atoms with van der Waals surface area (Å²) in [6, 6.07) is 0.620. The smallest absolute Gasteiger partial charge is 0.155 e. The van der Waals surface area contributed by atoms with Crippen LogP contribution >= 0.6 is 0 Å². The third kappa shape index (κ3) is 2.06. The van der Waals surface area contributed by atoms with Gasteiger partial charge in [0.25, 0.3) is 0 Å². The number of nitrogens with zero attached hydrogens (tertiary/aromatic N) is 4. The van der Waals surface area contributed by atoms with Gasteiger partial charge in [0.05, 0.1) is 0 Å². The fourth-order valence-corrected chi connectivity index (χ4v) is 3.04. The van der Waals surface area contributed by atoms with Crippen LogP contribution in [0.5, 0.6) is 0 Å². The molecule has 0 radical (unpaired) electrons. The number of fused-ring (bicyclic) bond motifs is 1. The Morgan fingerprint density at radius 1 is 1.33 bits per heavy atom. The highest BCUT2D eigenvalue weighted by atomic mass is 15.4. The molecule has 18 heavy (non-hydrogen) atoms. The second-order valence-electron chi connectivity index (χ2n) is 5.86. The van der Waals surface area contributed by atoms with Crippen LogP contribution in [-0.2, 0) is 6.42 Å². The zero-order chi connectivity index (χ0) is 12.7. The number of likely N-dealkylation sites (tertiary alicyclic amines) is 1. The number of rotatable bonds is 2. The summed E-state index contributed by atoms with van der Waals surface area (Å²) in [5, 5.41) is 4.66. The molecule has 2 unspecified atom stereocenters. The Bertz CT molecular complexity index is 425. The van der Waals surface area contributed by atoms with Gasteiger partial charge in [-0.1, -0.05) is 0 Å². The highest BCUT2D eigenvalue weighted by Gasteiger charge is 2.30. The van der Waals surface area contributed by atoms with E-state index in [0.29, 0.717) is 12.0 Å². The maximum Gasteiger partial charge on any atom is 0.155 e. The molecule has 3 heterocycles. The van der Waals surface area contributed by atoms with Gasteiger partial charge in [-0.2, -0.15) is 5.10 Å². The molecule has 0 aliphatic carbocycles. The Labute approximate surface area is 108 Å². The minimum Gasteiger partial charge on any atom is -0.310 e. The molecule has 1 fully saturated rings. The van der Waals surface area contributed by atoms with Gasteiger partial charge in [0, 0.05) is 24.9 Å². The van der Waals surface area contributed by atoms with Crippen LogP contribution in [0.25, 0.3) is 0 Å². The molecule has 2 atom stereocenters. The number of aromatic nitrogens is 3. The molecule has 0 saturated carbocycles.